The van der Waals surface area contributed by atoms with Gasteiger partial charge in [0.1, 0.15) is 11.5 Å². The van der Waals surface area contributed by atoms with Crippen molar-refractivity contribution in [2.45, 2.75) is 144 Å². The van der Waals surface area contributed by atoms with Crippen LogP contribution in [0.5, 0.6) is 11.5 Å². The summed E-state index contributed by atoms with van der Waals surface area (Å²) >= 11 is 27.3. The van der Waals surface area contributed by atoms with Crippen molar-refractivity contribution in [1.29, 1.82) is 0 Å². The molecular weight excluding hydrogens is 734 g/mol. The molecule has 0 aliphatic heterocycles. The summed E-state index contributed by atoms with van der Waals surface area (Å²) in [5.74, 6) is 2.01. The highest BCUT2D eigenvalue weighted by molar-refractivity contribution is 6.70. The van der Waals surface area contributed by atoms with Gasteiger partial charge in [-0.05, 0) is 130 Å². The third kappa shape index (κ3) is 8.52. The van der Waals surface area contributed by atoms with Crippen LogP contribution in [0.2, 0.25) is 39.3 Å². The SMILES string of the molecule is CC(C)(C)c1cc(C2=C(c3cc(C(C)(C)C)c(O[Si](C)(C)C)c(C(C)(C)C)c3)C2=C2C(Cl)=C(Cl)C(Cl)=C2Cl)cc(C(C)(C)C)c1O[Si](C)(C)C. The molecule has 2 aromatic carbocycles. The molecule has 0 amide bonds. The van der Waals surface area contributed by atoms with Crippen LogP contribution in [-0.4, -0.2) is 16.6 Å². The standard InChI is InChI=1S/C42H58Cl4O2Si2/c1-39(2,3)25-19-23(20-26(40(4,5)6)37(25)47-49(13,14)15)29-30(31(29)32-33(43)35(45)36(46)34(32)44)24-21-27(41(7,8)9)38(48-50(16,17)18)28(22-24)42(10,11)12/h19-22H,1-18H3. The first-order valence-electron chi connectivity index (χ1n) is 17.6. The molecular formula is C42H58Cl4O2Si2. The van der Waals surface area contributed by atoms with Crippen molar-refractivity contribution in [2.75, 3.05) is 0 Å². The maximum absolute atomic E-state index is 6.99. The Morgan fingerprint density at radius 3 is 0.820 bits per heavy atom. The van der Waals surface area contributed by atoms with Gasteiger partial charge in [-0.2, -0.15) is 0 Å². The highest BCUT2D eigenvalue weighted by Gasteiger charge is 2.43. The smallest absolute Gasteiger partial charge is 0.242 e. The molecule has 0 aromatic heterocycles. The van der Waals surface area contributed by atoms with E-state index in [0.29, 0.717) is 15.6 Å². The first-order valence-corrected chi connectivity index (χ1v) is 26.0. The van der Waals surface area contributed by atoms with Crippen LogP contribution in [-0.2, 0) is 21.7 Å². The van der Waals surface area contributed by atoms with Gasteiger partial charge in [0.25, 0.3) is 0 Å². The minimum absolute atomic E-state index is 0.183. The Bertz CT molecular complexity index is 1660. The first kappa shape index (κ1) is 41.4. The Kier molecular flexibility index (Phi) is 10.9. The molecule has 2 aliphatic carbocycles. The van der Waals surface area contributed by atoms with Gasteiger partial charge in [0.05, 0.1) is 20.1 Å². The average Bonchev–Trinajstić information content (AvgIpc) is 3.58. The lowest BCUT2D eigenvalue weighted by molar-refractivity contribution is 0.476. The minimum atomic E-state index is -1.96. The Balaban J connectivity index is 2.23. The number of hydrogen-bond donors (Lipinski definition) is 0. The molecule has 0 bridgehead atoms. The van der Waals surface area contributed by atoms with Crippen LogP contribution in [0.1, 0.15) is 116 Å². The second-order valence-electron chi connectivity index (χ2n) is 20.0. The summed E-state index contributed by atoms with van der Waals surface area (Å²) < 4.78 is 13.9. The number of hydrogen-bond acceptors (Lipinski definition) is 2. The summed E-state index contributed by atoms with van der Waals surface area (Å²) in [6.45, 7) is 40.6. The summed E-state index contributed by atoms with van der Waals surface area (Å²) in [4.78, 5) is 0. The van der Waals surface area contributed by atoms with Crippen LogP contribution in [0, 0.1) is 0 Å². The molecule has 2 nitrogen and oxygen atoms in total. The van der Waals surface area contributed by atoms with E-state index in [1.165, 1.54) is 22.3 Å². The molecule has 0 heterocycles. The summed E-state index contributed by atoms with van der Waals surface area (Å²) in [7, 11) is -3.92. The van der Waals surface area contributed by atoms with E-state index in [0.717, 1.165) is 39.3 Å². The Hall–Kier alpha value is -1.41. The topological polar surface area (TPSA) is 18.5 Å². The van der Waals surface area contributed by atoms with E-state index in [-0.39, 0.29) is 31.7 Å². The molecule has 0 fully saturated rings. The Labute approximate surface area is 325 Å². The van der Waals surface area contributed by atoms with Crippen LogP contribution >= 0.6 is 46.4 Å². The molecule has 2 aromatic rings. The van der Waals surface area contributed by atoms with Crippen molar-refractivity contribution in [3.63, 3.8) is 0 Å². The molecule has 274 valence electrons. The predicted octanol–water partition coefficient (Wildman–Crippen LogP) is 14.9. The second-order valence-corrected chi connectivity index (χ2v) is 30.4. The van der Waals surface area contributed by atoms with E-state index in [4.69, 9.17) is 55.3 Å². The lowest BCUT2D eigenvalue weighted by atomic mass is 9.78. The lowest BCUT2D eigenvalue weighted by Crippen LogP contribution is -2.33. The van der Waals surface area contributed by atoms with Gasteiger partial charge in [0, 0.05) is 11.1 Å². The van der Waals surface area contributed by atoms with Crippen molar-refractivity contribution in [3.05, 3.63) is 88.9 Å². The van der Waals surface area contributed by atoms with Crippen molar-refractivity contribution >= 4 is 74.2 Å². The van der Waals surface area contributed by atoms with E-state index >= 15 is 0 Å². The van der Waals surface area contributed by atoms with Gasteiger partial charge in [0.15, 0.2) is 0 Å². The fourth-order valence-electron chi connectivity index (χ4n) is 6.35. The molecule has 0 saturated heterocycles. The fourth-order valence-corrected chi connectivity index (χ4v) is 9.10. The lowest BCUT2D eigenvalue weighted by Gasteiger charge is -2.34. The van der Waals surface area contributed by atoms with E-state index in [9.17, 15) is 0 Å². The second kappa shape index (κ2) is 13.2. The number of rotatable bonds is 6. The molecule has 8 heteroatoms. The van der Waals surface area contributed by atoms with E-state index in [1.807, 2.05) is 0 Å². The molecule has 0 radical (unpaired) electrons. The number of halogens is 4. The molecule has 0 unspecified atom stereocenters. The summed E-state index contributed by atoms with van der Waals surface area (Å²) in [6, 6.07) is 9.27. The van der Waals surface area contributed by atoms with Crippen molar-refractivity contribution in [2.24, 2.45) is 0 Å². The summed E-state index contributed by atoms with van der Waals surface area (Å²) in [5, 5.41) is 1.31. The summed E-state index contributed by atoms with van der Waals surface area (Å²) in [6.07, 6.45) is 0. The first-order chi connectivity index (χ1) is 22.3. The molecule has 0 saturated carbocycles. The van der Waals surface area contributed by atoms with Gasteiger partial charge in [-0.15, -0.1) is 0 Å². The maximum atomic E-state index is 6.99. The van der Waals surface area contributed by atoms with Gasteiger partial charge in [-0.3, -0.25) is 0 Å². The number of benzene rings is 2. The van der Waals surface area contributed by atoms with Crippen LogP contribution < -0.4 is 8.85 Å². The number of allylic oxidation sites excluding steroid dienone is 8. The highest BCUT2D eigenvalue weighted by atomic mass is 35.5. The molecule has 4 rings (SSSR count). The monoisotopic (exact) mass is 790 g/mol. The molecule has 0 atom stereocenters. The van der Waals surface area contributed by atoms with E-state index < -0.39 is 16.6 Å². The van der Waals surface area contributed by atoms with Gasteiger partial charge in [0.2, 0.25) is 16.6 Å². The fraction of sp³-hybridized carbons (Fsp3) is 0.524. The van der Waals surface area contributed by atoms with Crippen LogP contribution in [0.3, 0.4) is 0 Å². The van der Waals surface area contributed by atoms with Gasteiger partial charge >= 0.3 is 0 Å². The zero-order valence-electron chi connectivity index (χ0n) is 33.6. The zero-order valence-corrected chi connectivity index (χ0v) is 38.7. The van der Waals surface area contributed by atoms with Crippen molar-refractivity contribution in [1.82, 2.24) is 0 Å². The van der Waals surface area contributed by atoms with Gasteiger partial charge < -0.3 is 8.85 Å². The zero-order chi connectivity index (χ0) is 38.5. The van der Waals surface area contributed by atoms with Crippen molar-refractivity contribution < 1.29 is 8.85 Å². The third-order valence-electron chi connectivity index (χ3n) is 8.76. The van der Waals surface area contributed by atoms with Crippen LogP contribution in [0.15, 0.2) is 55.5 Å². The molecule has 0 spiro atoms. The largest absolute Gasteiger partial charge is 0.544 e. The maximum Gasteiger partial charge on any atom is 0.242 e. The highest BCUT2D eigenvalue weighted by Crippen LogP contribution is 2.62. The summed E-state index contributed by atoms with van der Waals surface area (Å²) in [5.41, 5.74) is 10.1. The van der Waals surface area contributed by atoms with Crippen LogP contribution in [0.4, 0.5) is 0 Å². The predicted molar refractivity (Wildman–Crippen MR) is 227 cm³/mol. The quantitative estimate of drug-likeness (QED) is 0.271. The molecule has 50 heavy (non-hydrogen) atoms. The Morgan fingerprint density at radius 2 is 0.620 bits per heavy atom. The van der Waals surface area contributed by atoms with Crippen molar-refractivity contribution in [3.8, 4) is 11.5 Å². The Morgan fingerprint density at radius 1 is 0.380 bits per heavy atom. The normalized spacial score (nSPS) is 16.7. The van der Waals surface area contributed by atoms with E-state index in [2.05, 4.69) is 147 Å². The average molecular weight is 793 g/mol. The van der Waals surface area contributed by atoms with E-state index in [1.54, 1.807) is 0 Å². The van der Waals surface area contributed by atoms with Gasteiger partial charge in [-0.25, -0.2) is 0 Å². The third-order valence-corrected chi connectivity index (χ3v) is 12.2. The van der Waals surface area contributed by atoms with Crippen LogP contribution in [0.25, 0.3) is 11.1 Å². The minimum Gasteiger partial charge on any atom is -0.544 e. The molecule has 2 aliphatic rings. The van der Waals surface area contributed by atoms with Gasteiger partial charge in [-0.1, -0.05) is 129 Å². The molecule has 0 N–H and O–H groups in total.